The molecule has 0 saturated heterocycles. The summed E-state index contributed by atoms with van der Waals surface area (Å²) in [7, 11) is 0. The minimum atomic E-state index is 0.139. The van der Waals surface area contributed by atoms with Crippen LogP contribution in [0, 0.1) is 0 Å². The maximum absolute atomic E-state index is 2.38. The zero-order chi connectivity index (χ0) is 34.2. The first kappa shape index (κ1) is 29.9. The Balaban J connectivity index is 1.25. The summed E-state index contributed by atoms with van der Waals surface area (Å²) in [6, 6.07) is 65.5. The molecule has 11 aromatic rings. The van der Waals surface area contributed by atoms with Crippen molar-refractivity contribution in [3.8, 4) is 43.8 Å². The molecule has 0 unspecified atom stereocenters. The first-order valence-corrected chi connectivity index (χ1v) is 20.4. The van der Waals surface area contributed by atoms with Crippen molar-refractivity contribution in [1.29, 1.82) is 0 Å². The van der Waals surface area contributed by atoms with Crippen molar-refractivity contribution >= 4 is 88.2 Å². The molecular formula is C50H30SSe. The van der Waals surface area contributed by atoms with E-state index >= 15 is 0 Å². The van der Waals surface area contributed by atoms with Crippen molar-refractivity contribution < 1.29 is 0 Å². The number of benzene rings is 9. The summed E-state index contributed by atoms with van der Waals surface area (Å²) in [4.78, 5) is 1.31. The summed E-state index contributed by atoms with van der Waals surface area (Å²) >= 11 is 1.96. The van der Waals surface area contributed by atoms with Crippen molar-refractivity contribution in [2.45, 2.75) is 0 Å². The standard InChI is InChI=1S/C50H30SSe/c1-2-15-31(16-3-1)45-32-17-4-6-19-34(32)47(35-20-7-5-18-33(35)45)41-26-12-27-42-49-40(25-13-29-44(49)52-50(41)42)46-36-21-8-10-23-38(36)48(43-28-14-30-51-43)39-24-11-9-22-37(39)46/h1-30H. The van der Waals surface area contributed by atoms with Gasteiger partial charge in [0.15, 0.2) is 0 Å². The molecule has 0 spiro atoms. The SMILES string of the molecule is c1ccc(-c2c3ccccc3c(-c3cccc4c3[se]c3cccc(-c5c6ccccc6c(-c6cccs6)c6ccccc56)c34)c3ccccc23)cc1. The Morgan fingerprint density at radius 1 is 0.327 bits per heavy atom. The van der Waals surface area contributed by atoms with Crippen LogP contribution in [0.25, 0.3) is 106 Å². The van der Waals surface area contributed by atoms with E-state index in [1.807, 2.05) is 11.3 Å². The van der Waals surface area contributed by atoms with Crippen molar-refractivity contribution in [3.05, 3.63) is 181 Å². The predicted octanol–water partition coefficient (Wildman–Crippen LogP) is 14.4. The van der Waals surface area contributed by atoms with E-state index in [1.165, 1.54) is 106 Å². The maximum atomic E-state index is 2.38. The number of rotatable bonds is 4. The molecule has 0 fully saturated rings. The summed E-state index contributed by atoms with van der Waals surface area (Å²) in [5.74, 6) is 0. The normalized spacial score (nSPS) is 11.8. The second-order valence-electron chi connectivity index (χ2n) is 13.5. The van der Waals surface area contributed by atoms with Gasteiger partial charge < -0.3 is 0 Å². The van der Waals surface area contributed by atoms with E-state index in [4.69, 9.17) is 0 Å². The second-order valence-corrected chi connectivity index (χ2v) is 16.6. The molecule has 0 N–H and O–H groups in total. The van der Waals surface area contributed by atoms with E-state index < -0.39 is 0 Å². The minimum absolute atomic E-state index is 0.139. The third-order valence-electron chi connectivity index (χ3n) is 10.8. The van der Waals surface area contributed by atoms with Crippen LogP contribution in [0.1, 0.15) is 0 Å². The molecule has 0 aliphatic rings. The topological polar surface area (TPSA) is 0 Å². The van der Waals surface area contributed by atoms with Gasteiger partial charge in [-0.25, -0.2) is 0 Å². The Kier molecular flexibility index (Phi) is 6.85. The molecule has 2 aromatic heterocycles. The Bertz CT molecular complexity index is 3050. The fourth-order valence-corrected chi connectivity index (χ4v) is 12.1. The molecule has 0 bridgehead atoms. The van der Waals surface area contributed by atoms with Gasteiger partial charge in [-0.2, -0.15) is 0 Å². The molecule has 52 heavy (non-hydrogen) atoms. The van der Waals surface area contributed by atoms with Crippen molar-refractivity contribution in [3.63, 3.8) is 0 Å². The molecule has 0 aliphatic carbocycles. The number of thiophene rings is 1. The molecule has 2 heterocycles. The Morgan fingerprint density at radius 3 is 1.35 bits per heavy atom. The Hall–Kier alpha value is -5.76. The quantitative estimate of drug-likeness (QED) is 0.124. The third-order valence-corrected chi connectivity index (χ3v) is 14.2. The molecule has 0 amide bonds. The molecular weight excluding hydrogens is 712 g/mol. The monoisotopic (exact) mass is 742 g/mol. The van der Waals surface area contributed by atoms with Gasteiger partial charge in [0.05, 0.1) is 0 Å². The number of fused-ring (bicyclic) bond motifs is 7. The number of hydrogen-bond acceptors (Lipinski definition) is 1. The van der Waals surface area contributed by atoms with Gasteiger partial charge in [0.25, 0.3) is 0 Å². The van der Waals surface area contributed by atoms with E-state index in [1.54, 1.807) is 0 Å². The van der Waals surface area contributed by atoms with Gasteiger partial charge in [0.2, 0.25) is 0 Å². The molecule has 11 rings (SSSR count). The fourth-order valence-electron chi connectivity index (χ4n) is 8.69. The van der Waals surface area contributed by atoms with Gasteiger partial charge >= 0.3 is 313 Å². The average molecular weight is 742 g/mol. The van der Waals surface area contributed by atoms with Crippen molar-refractivity contribution in [2.75, 3.05) is 0 Å². The Labute approximate surface area is 311 Å². The van der Waals surface area contributed by atoms with Gasteiger partial charge in [-0.05, 0) is 0 Å². The van der Waals surface area contributed by atoms with Crippen LogP contribution in [0.2, 0.25) is 0 Å². The molecule has 2 heteroatoms. The molecule has 0 radical (unpaired) electrons. The zero-order valence-electron chi connectivity index (χ0n) is 28.1. The summed E-state index contributed by atoms with van der Waals surface area (Å²) in [6.07, 6.45) is 0. The zero-order valence-corrected chi connectivity index (χ0v) is 30.7. The van der Waals surface area contributed by atoms with Crippen LogP contribution in [0.4, 0.5) is 0 Å². The van der Waals surface area contributed by atoms with Gasteiger partial charge in [-0.3, -0.25) is 0 Å². The van der Waals surface area contributed by atoms with Crippen LogP contribution in [-0.4, -0.2) is 14.5 Å². The van der Waals surface area contributed by atoms with Crippen LogP contribution >= 0.6 is 11.3 Å². The van der Waals surface area contributed by atoms with E-state index in [0.29, 0.717) is 0 Å². The second kappa shape index (κ2) is 11.9. The summed E-state index contributed by atoms with van der Waals surface area (Å²) in [6.45, 7) is 0. The average Bonchev–Trinajstić information content (AvgIpc) is 3.88. The van der Waals surface area contributed by atoms with E-state index in [-0.39, 0.29) is 14.5 Å². The van der Waals surface area contributed by atoms with Gasteiger partial charge in [-0.15, -0.1) is 0 Å². The van der Waals surface area contributed by atoms with Crippen LogP contribution in [0.5, 0.6) is 0 Å². The molecule has 0 aliphatic heterocycles. The van der Waals surface area contributed by atoms with E-state index in [9.17, 15) is 0 Å². The summed E-state index contributed by atoms with van der Waals surface area (Å²) in [5.41, 5.74) is 9.26. The molecule has 0 saturated carbocycles. The Morgan fingerprint density at radius 2 is 0.788 bits per heavy atom. The molecule has 0 atom stereocenters. The first-order valence-electron chi connectivity index (χ1n) is 17.8. The van der Waals surface area contributed by atoms with Crippen LogP contribution in [0.3, 0.4) is 0 Å². The van der Waals surface area contributed by atoms with Crippen molar-refractivity contribution in [2.24, 2.45) is 0 Å². The fraction of sp³-hybridized carbons (Fsp3) is 0. The molecule has 0 nitrogen and oxygen atoms in total. The number of hydrogen-bond donors (Lipinski definition) is 0. The van der Waals surface area contributed by atoms with Crippen molar-refractivity contribution in [1.82, 2.24) is 0 Å². The molecule has 242 valence electrons. The van der Waals surface area contributed by atoms with Crippen LogP contribution < -0.4 is 0 Å². The summed E-state index contributed by atoms with van der Waals surface area (Å²) in [5, 5.41) is 15.4. The summed E-state index contributed by atoms with van der Waals surface area (Å²) < 4.78 is 2.93. The van der Waals surface area contributed by atoms with Crippen LogP contribution in [0.15, 0.2) is 181 Å². The predicted molar refractivity (Wildman–Crippen MR) is 228 cm³/mol. The van der Waals surface area contributed by atoms with E-state index in [0.717, 1.165) is 0 Å². The first-order chi connectivity index (χ1) is 25.8. The van der Waals surface area contributed by atoms with E-state index in [2.05, 4.69) is 181 Å². The van der Waals surface area contributed by atoms with Crippen LogP contribution in [-0.2, 0) is 0 Å². The van der Waals surface area contributed by atoms with Gasteiger partial charge in [0, 0.05) is 0 Å². The third kappa shape index (κ3) is 4.39. The van der Waals surface area contributed by atoms with Gasteiger partial charge in [0.1, 0.15) is 0 Å². The molecule has 9 aromatic carbocycles. The van der Waals surface area contributed by atoms with Gasteiger partial charge in [-0.1, -0.05) is 0 Å².